The van der Waals surface area contributed by atoms with Gasteiger partial charge in [-0.1, -0.05) is 19.8 Å². The summed E-state index contributed by atoms with van der Waals surface area (Å²) in [5.74, 6) is 0.140. The lowest BCUT2D eigenvalue weighted by molar-refractivity contribution is -0.125. The van der Waals surface area contributed by atoms with Crippen LogP contribution in [0, 0.1) is 5.92 Å². The van der Waals surface area contributed by atoms with Crippen LogP contribution in [0.2, 0.25) is 0 Å². The number of fused-ring (bicyclic) bond motifs is 1. The first-order valence-corrected chi connectivity index (χ1v) is 10.8. The molecule has 2 unspecified atom stereocenters. The third-order valence-electron chi connectivity index (χ3n) is 6.08. The predicted molar refractivity (Wildman–Crippen MR) is 110 cm³/mol. The van der Waals surface area contributed by atoms with E-state index >= 15 is 0 Å². The van der Waals surface area contributed by atoms with Crippen molar-refractivity contribution in [1.29, 1.82) is 0 Å². The Morgan fingerprint density at radius 2 is 2.00 bits per heavy atom. The molecule has 0 aromatic carbocycles. The van der Waals surface area contributed by atoms with Crippen molar-refractivity contribution in [3.63, 3.8) is 0 Å². The predicted octanol–water partition coefficient (Wildman–Crippen LogP) is 3.74. The Hall–Kier alpha value is -2.44. The van der Waals surface area contributed by atoms with Crippen molar-refractivity contribution in [3.05, 3.63) is 23.5 Å². The summed E-state index contributed by atoms with van der Waals surface area (Å²) in [6, 6.07) is 2.13. The van der Waals surface area contributed by atoms with Gasteiger partial charge in [0, 0.05) is 23.7 Å². The van der Waals surface area contributed by atoms with Crippen molar-refractivity contribution in [1.82, 2.24) is 20.1 Å². The van der Waals surface area contributed by atoms with E-state index in [9.17, 15) is 9.59 Å². The zero-order chi connectivity index (χ0) is 20.5. The van der Waals surface area contributed by atoms with E-state index in [1.54, 1.807) is 6.20 Å². The molecule has 2 saturated carbocycles. The molecule has 2 fully saturated rings. The van der Waals surface area contributed by atoms with Crippen LogP contribution in [-0.2, 0) is 9.53 Å². The highest BCUT2D eigenvalue weighted by molar-refractivity contribution is 6.03. The van der Waals surface area contributed by atoms with Gasteiger partial charge in [0.1, 0.15) is 0 Å². The van der Waals surface area contributed by atoms with Crippen molar-refractivity contribution < 1.29 is 14.3 Å². The van der Waals surface area contributed by atoms with Crippen LogP contribution in [0.5, 0.6) is 0 Å². The summed E-state index contributed by atoms with van der Waals surface area (Å²) in [6.45, 7) is 5.97. The molecule has 2 aliphatic carbocycles. The number of rotatable bonds is 6. The average Bonchev–Trinajstić information content (AvgIpc) is 3.46. The van der Waals surface area contributed by atoms with Gasteiger partial charge in [-0.05, 0) is 51.5 Å². The molecule has 156 valence electrons. The van der Waals surface area contributed by atoms with Crippen molar-refractivity contribution in [3.8, 4) is 0 Å². The third kappa shape index (κ3) is 4.28. The fraction of sp³-hybridized carbons (Fsp3) is 0.636. The molecule has 1 amide bonds. The molecule has 29 heavy (non-hydrogen) atoms. The van der Waals surface area contributed by atoms with Gasteiger partial charge in [0.2, 0.25) is 0 Å². The van der Waals surface area contributed by atoms with E-state index in [1.807, 2.05) is 24.6 Å². The maximum absolute atomic E-state index is 12.8. The lowest BCUT2D eigenvalue weighted by Crippen LogP contribution is -2.42. The van der Waals surface area contributed by atoms with Crippen LogP contribution in [0.1, 0.15) is 87.3 Å². The van der Waals surface area contributed by atoms with Gasteiger partial charge >= 0.3 is 5.97 Å². The molecule has 0 radical (unpaired) electrons. The molecule has 0 spiro atoms. The number of carbonyl (C=O) groups is 2. The first kappa shape index (κ1) is 19.9. The molecule has 2 aromatic rings. The van der Waals surface area contributed by atoms with Gasteiger partial charge in [0.25, 0.3) is 5.91 Å². The molecule has 7 heteroatoms. The summed E-state index contributed by atoms with van der Waals surface area (Å²) >= 11 is 0. The largest absolute Gasteiger partial charge is 0.452 e. The van der Waals surface area contributed by atoms with E-state index in [2.05, 4.69) is 17.3 Å². The maximum Gasteiger partial charge on any atom is 0.339 e. The van der Waals surface area contributed by atoms with Crippen molar-refractivity contribution in [2.45, 2.75) is 77.3 Å². The number of amides is 1. The molecule has 2 aromatic heterocycles. The third-order valence-corrected chi connectivity index (χ3v) is 6.08. The number of esters is 1. The quantitative estimate of drug-likeness (QED) is 0.749. The first-order chi connectivity index (χ1) is 13.9. The molecule has 0 bridgehead atoms. The summed E-state index contributed by atoms with van der Waals surface area (Å²) in [5, 5.41) is 8.11. The number of aromatic nitrogens is 3. The van der Waals surface area contributed by atoms with Crippen LogP contribution in [0.4, 0.5) is 0 Å². The Morgan fingerprint density at radius 3 is 2.69 bits per heavy atom. The second kappa shape index (κ2) is 8.13. The monoisotopic (exact) mass is 398 g/mol. The molecule has 1 N–H and O–H groups in total. The van der Waals surface area contributed by atoms with E-state index in [-0.39, 0.29) is 24.6 Å². The zero-order valence-corrected chi connectivity index (χ0v) is 17.5. The van der Waals surface area contributed by atoms with Gasteiger partial charge in [0.15, 0.2) is 12.3 Å². The summed E-state index contributed by atoms with van der Waals surface area (Å²) in [7, 11) is 0. The van der Waals surface area contributed by atoms with Gasteiger partial charge in [-0.25, -0.2) is 14.5 Å². The molecule has 7 nitrogen and oxygen atoms in total. The van der Waals surface area contributed by atoms with Gasteiger partial charge in [-0.2, -0.15) is 5.10 Å². The molecular weight excluding hydrogens is 368 g/mol. The minimum Gasteiger partial charge on any atom is -0.452 e. The number of pyridine rings is 1. The summed E-state index contributed by atoms with van der Waals surface area (Å²) in [5.41, 5.74) is 2.06. The Balaban J connectivity index is 1.48. The summed E-state index contributed by atoms with van der Waals surface area (Å²) in [6.07, 6.45) is 8.31. The number of hydrogen-bond acceptors (Lipinski definition) is 5. The highest BCUT2D eigenvalue weighted by Crippen LogP contribution is 2.40. The van der Waals surface area contributed by atoms with Crippen molar-refractivity contribution in [2.75, 3.05) is 6.61 Å². The van der Waals surface area contributed by atoms with Crippen LogP contribution in [-0.4, -0.2) is 39.3 Å². The lowest BCUT2D eigenvalue weighted by atomic mass is 9.86. The van der Waals surface area contributed by atoms with Crippen LogP contribution in [0.15, 0.2) is 12.3 Å². The van der Waals surface area contributed by atoms with Crippen molar-refractivity contribution in [2.24, 2.45) is 5.92 Å². The highest BCUT2D eigenvalue weighted by Gasteiger charge is 2.29. The fourth-order valence-electron chi connectivity index (χ4n) is 4.16. The molecule has 2 heterocycles. The zero-order valence-electron chi connectivity index (χ0n) is 17.5. The molecule has 2 aliphatic rings. The van der Waals surface area contributed by atoms with Gasteiger partial charge in [-0.3, -0.25) is 4.79 Å². The van der Waals surface area contributed by atoms with E-state index in [0.29, 0.717) is 28.4 Å². The normalized spacial score (nSPS) is 22.1. The van der Waals surface area contributed by atoms with Gasteiger partial charge < -0.3 is 10.1 Å². The Bertz CT molecular complexity index is 916. The number of nitrogens with one attached hydrogen (secondary N) is 1. The van der Waals surface area contributed by atoms with Crippen molar-refractivity contribution >= 4 is 22.9 Å². The second-order valence-corrected chi connectivity index (χ2v) is 8.80. The van der Waals surface area contributed by atoms with E-state index in [4.69, 9.17) is 9.72 Å². The molecule has 2 atom stereocenters. The smallest absolute Gasteiger partial charge is 0.339 e. The van der Waals surface area contributed by atoms with Gasteiger partial charge in [0.05, 0.1) is 17.1 Å². The molecule has 0 aliphatic heterocycles. The number of nitrogens with zero attached hydrogens (tertiary/aromatic N) is 3. The standard InChI is InChI=1S/C22H30N4O3/c1-13(2)26-21-17(11-23-26)16(10-19(25-21)15-8-9-15)22(28)29-12-20(27)24-18-7-5-4-6-14(18)3/h10-11,13-15,18H,4-9,12H2,1-3H3,(H,24,27). The lowest BCUT2D eigenvalue weighted by Gasteiger charge is -2.29. The maximum atomic E-state index is 12.8. The summed E-state index contributed by atoms with van der Waals surface area (Å²) in [4.78, 5) is 29.9. The average molecular weight is 399 g/mol. The number of hydrogen-bond donors (Lipinski definition) is 1. The topological polar surface area (TPSA) is 86.1 Å². The first-order valence-electron chi connectivity index (χ1n) is 10.8. The van der Waals surface area contributed by atoms with Crippen LogP contribution >= 0.6 is 0 Å². The van der Waals surface area contributed by atoms with Crippen LogP contribution < -0.4 is 5.32 Å². The SMILES string of the molecule is CC1CCCCC1NC(=O)COC(=O)c1cc(C2CC2)nc2c1cnn2C(C)C. The molecule has 0 saturated heterocycles. The fourth-order valence-corrected chi connectivity index (χ4v) is 4.16. The minimum atomic E-state index is -0.491. The van der Waals surface area contributed by atoms with Crippen LogP contribution in [0.3, 0.4) is 0 Å². The Kier molecular flexibility index (Phi) is 5.56. The Morgan fingerprint density at radius 1 is 1.24 bits per heavy atom. The van der Waals surface area contributed by atoms with Gasteiger partial charge in [-0.15, -0.1) is 0 Å². The second-order valence-electron chi connectivity index (χ2n) is 8.80. The molecule has 4 rings (SSSR count). The summed E-state index contributed by atoms with van der Waals surface area (Å²) < 4.78 is 7.21. The molecular formula is C22H30N4O3. The minimum absolute atomic E-state index is 0.140. The number of ether oxygens (including phenoxy) is 1. The van der Waals surface area contributed by atoms with E-state index in [0.717, 1.165) is 37.8 Å². The van der Waals surface area contributed by atoms with E-state index < -0.39 is 5.97 Å². The highest BCUT2D eigenvalue weighted by atomic mass is 16.5. The Labute approximate surface area is 171 Å². The van der Waals surface area contributed by atoms with E-state index in [1.165, 1.54) is 6.42 Å². The number of carbonyl (C=O) groups excluding carboxylic acids is 2. The van der Waals surface area contributed by atoms with Crippen LogP contribution in [0.25, 0.3) is 11.0 Å².